The summed E-state index contributed by atoms with van der Waals surface area (Å²) < 4.78 is 42.3. The zero-order chi connectivity index (χ0) is 19.9. The van der Waals surface area contributed by atoms with Gasteiger partial charge >= 0.3 is 12.1 Å². The van der Waals surface area contributed by atoms with Crippen LogP contribution in [0.5, 0.6) is 0 Å². The summed E-state index contributed by atoms with van der Waals surface area (Å²) in [6.45, 7) is 1.65. The van der Waals surface area contributed by atoms with Crippen LogP contribution in [0.25, 0.3) is 11.5 Å². The summed E-state index contributed by atoms with van der Waals surface area (Å²) in [5.41, 5.74) is 1.49. The Balaban J connectivity index is 1.67. The first kappa shape index (κ1) is 18.8. The first-order valence-corrected chi connectivity index (χ1v) is 8.78. The Labute approximate surface area is 166 Å². The van der Waals surface area contributed by atoms with Crippen molar-refractivity contribution in [3.05, 3.63) is 45.8 Å². The second kappa shape index (κ2) is 7.10. The van der Waals surface area contributed by atoms with Crippen LogP contribution in [0.2, 0.25) is 10.0 Å². The molecular formula is C16H11Cl2F3N6O. The van der Waals surface area contributed by atoms with E-state index in [9.17, 15) is 13.2 Å². The molecule has 1 aromatic carbocycles. The van der Waals surface area contributed by atoms with Crippen LogP contribution >= 0.6 is 23.2 Å². The molecule has 0 saturated heterocycles. The van der Waals surface area contributed by atoms with Crippen LogP contribution in [-0.4, -0.2) is 33.4 Å². The van der Waals surface area contributed by atoms with E-state index in [0.29, 0.717) is 41.2 Å². The molecule has 4 rings (SSSR count). The fourth-order valence-electron chi connectivity index (χ4n) is 2.76. The van der Waals surface area contributed by atoms with Crippen molar-refractivity contribution < 1.29 is 17.7 Å². The van der Waals surface area contributed by atoms with Crippen molar-refractivity contribution in [1.82, 2.24) is 20.3 Å². The van der Waals surface area contributed by atoms with Crippen molar-refractivity contribution in [2.75, 3.05) is 23.3 Å². The standard InChI is InChI=1S/C16H11Cl2F3N6O/c17-9-1-2-10(18)8(5-9)7-27-4-3-22-14-12(27)6-11(24-25-14)13-23-15(28-26-13)16(19,20)21/h1-2,5-6H,3-4,7H2,(H,22,25). The second-order valence-electron chi connectivity index (χ2n) is 5.97. The van der Waals surface area contributed by atoms with Crippen LogP contribution in [0.15, 0.2) is 28.8 Å². The third-order valence-electron chi connectivity index (χ3n) is 4.06. The molecule has 0 atom stereocenters. The lowest BCUT2D eigenvalue weighted by molar-refractivity contribution is -0.159. The summed E-state index contributed by atoms with van der Waals surface area (Å²) in [6, 6.07) is 6.71. The Morgan fingerprint density at radius 3 is 2.75 bits per heavy atom. The number of rotatable bonds is 3. The molecule has 3 heterocycles. The molecule has 0 amide bonds. The van der Waals surface area contributed by atoms with Gasteiger partial charge in [0.15, 0.2) is 5.82 Å². The number of hydrogen-bond acceptors (Lipinski definition) is 7. The lowest BCUT2D eigenvalue weighted by Crippen LogP contribution is -2.34. The second-order valence-corrected chi connectivity index (χ2v) is 6.81. The van der Waals surface area contributed by atoms with Crippen LogP contribution < -0.4 is 10.2 Å². The van der Waals surface area contributed by atoms with E-state index in [4.69, 9.17) is 23.2 Å². The fraction of sp³-hybridized carbons (Fsp3) is 0.250. The van der Waals surface area contributed by atoms with Gasteiger partial charge in [-0.05, 0) is 29.8 Å². The maximum absolute atomic E-state index is 12.7. The predicted molar refractivity (Wildman–Crippen MR) is 96.3 cm³/mol. The van der Waals surface area contributed by atoms with Gasteiger partial charge in [0.1, 0.15) is 5.69 Å². The first-order valence-electron chi connectivity index (χ1n) is 8.03. The summed E-state index contributed by atoms with van der Waals surface area (Å²) in [5.74, 6) is -1.25. The number of halogens is 5. The molecule has 0 fully saturated rings. The Hall–Kier alpha value is -2.59. The maximum atomic E-state index is 12.7. The third-order valence-corrected chi connectivity index (χ3v) is 4.66. The average Bonchev–Trinajstić information content (AvgIpc) is 3.15. The topological polar surface area (TPSA) is 80.0 Å². The van der Waals surface area contributed by atoms with E-state index in [2.05, 4.69) is 30.2 Å². The van der Waals surface area contributed by atoms with E-state index >= 15 is 0 Å². The number of benzene rings is 1. The van der Waals surface area contributed by atoms with Crippen LogP contribution in [0, 0.1) is 0 Å². The van der Waals surface area contributed by atoms with Crippen LogP contribution in [0.1, 0.15) is 11.5 Å². The normalized spacial score (nSPS) is 14.0. The molecule has 28 heavy (non-hydrogen) atoms. The highest BCUT2D eigenvalue weighted by Gasteiger charge is 2.38. The van der Waals surface area contributed by atoms with Gasteiger partial charge < -0.3 is 14.7 Å². The van der Waals surface area contributed by atoms with Gasteiger partial charge in [0, 0.05) is 29.7 Å². The Bertz CT molecular complexity index is 1030. The largest absolute Gasteiger partial charge is 0.471 e. The number of fused-ring (bicyclic) bond motifs is 1. The van der Waals surface area contributed by atoms with Crippen molar-refractivity contribution in [3.8, 4) is 11.5 Å². The van der Waals surface area contributed by atoms with Crippen molar-refractivity contribution in [3.63, 3.8) is 0 Å². The first-order chi connectivity index (χ1) is 13.3. The van der Waals surface area contributed by atoms with Gasteiger partial charge in [-0.1, -0.05) is 28.4 Å². The zero-order valence-corrected chi connectivity index (χ0v) is 15.5. The minimum Gasteiger partial charge on any atom is -0.365 e. The molecule has 0 unspecified atom stereocenters. The highest BCUT2D eigenvalue weighted by molar-refractivity contribution is 6.33. The molecule has 0 spiro atoms. The number of alkyl halides is 3. The molecule has 146 valence electrons. The number of hydrogen-bond donors (Lipinski definition) is 1. The number of nitrogens with one attached hydrogen (secondary N) is 1. The molecular weight excluding hydrogens is 420 g/mol. The quantitative estimate of drug-likeness (QED) is 0.663. The zero-order valence-electron chi connectivity index (χ0n) is 14.0. The monoisotopic (exact) mass is 430 g/mol. The van der Waals surface area contributed by atoms with E-state index in [1.54, 1.807) is 24.3 Å². The van der Waals surface area contributed by atoms with E-state index in [1.165, 1.54) is 0 Å². The molecule has 0 bridgehead atoms. The smallest absolute Gasteiger partial charge is 0.365 e. The minimum atomic E-state index is -4.73. The Morgan fingerprint density at radius 1 is 1.18 bits per heavy atom. The van der Waals surface area contributed by atoms with E-state index in [1.807, 2.05) is 4.90 Å². The van der Waals surface area contributed by atoms with Crippen molar-refractivity contribution in [1.29, 1.82) is 0 Å². The molecule has 3 aromatic rings. The van der Waals surface area contributed by atoms with Gasteiger partial charge in [0.2, 0.25) is 5.82 Å². The fourth-order valence-corrected chi connectivity index (χ4v) is 3.14. The maximum Gasteiger partial charge on any atom is 0.471 e. The van der Waals surface area contributed by atoms with Crippen molar-refractivity contribution in [2.24, 2.45) is 0 Å². The number of aromatic nitrogens is 4. The molecule has 0 saturated carbocycles. The predicted octanol–water partition coefficient (Wildman–Crippen LogP) is 4.28. The minimum absolute atomic E-state index is 0.0592. The van der Waals surface area contributed by atoms with Gasteiger partial charge in [-0.2, -0.15) is 18.2 Å². The summed E-state index contributed by atoms with van der Waals surface area (Å²) in [4.78, 5) is 5.32. The lowest BCUT2D eigenvalue weighted by atomic mass is 10.1. The molecule has 1 aliphatic heterocycles. The van der Waals surface area contributed by atoms with Gasteiger partial charge in [0.25, 0.3) is 0 Å². The number of nitrogens with zero attached hydrogens (tertiary/aromatic N) is 5. The molecule has 2 aromatic heterocycles. The van der Waals surface area contributed by atoms with E-state index < -0.39 is 12.1 Å². The van der Waals surface area contributed by atoms with Crippen molar-refractivity contribution in [2.45, 2.75) is 12.7 Å². The van der Waals surface area contributed by atoms with Gasteiger partial charge in [0.05, 0.1) is 5.69 Å². The highest BCUT2D eigenvalue weighted by atomic mass is 35.5. The summed E-state index contributed by atoms with van der Waals surface area (Å²) in [5, 5.41) is 15.5. The summed E-state index contributed by atoms with van der Waals surface area (Å²) in [6.07, 6.45) is -4.73. The molecule has 7 nitrogen and oxygen atoms in total. The van der Waals surface area contributed by atoms with Gasteiger partial charge in [-0.3, -0.25) is 0 Å². The van der Waals surface area contributed by atoms with Gasteiger partial charge in [-0.25, -0.2) is 0 Å². The van der Waals surface area contributed by atoms with E-state index in [0.717, 1.165) is 5.56 Å². The van der Waals surface area contributed by atoms with Crippen molar-refractivity contribution >= 4 is 34.7 Å². The molecule has 12 heteroatoms. The third kappa shape index (κ3) is 3.69. The molecule has 1 aliphatic rings. The molecule has 0 aliphatic carbocycles. The average molecular weight is 431 g/mol. The summed E-state index contributed by atoms with van der Waals surface area (Å²) in [7, 11) is 0. The van der Waals surface area contributed by atoms with Crippen LogP contribution in [-0.2, 0) is 12.7 Å². The number of anilines is 2. The Kier molecular flexibility index (Phi) is 4.76. The summed E-state index contributed by atoms with van der Waals surface area (Å²) >= 11 is 12.3. The van der Waals surface area contributed by atoms with Crippen LogP contribution in [0.4, 0.5) is 24.7 Å². The Morgan fingerprint density at radius 2 is 2.00 bits per heavy atom. The highest BCUT2D eigenvalue weighted by Crippen LogP contribution is 2.33. The van der Waals surface area contributed by atoms with E-state index in [-0.39, 0.29) is 11.5 Å². The molecule has 0 radical (unpaired) electrons. The molecule has 1 N–H and O–H groups in total. The SMILES string of the molecule is FC(F)(F)c1nc(-c2cc3c(nn2)NCCN3Cc2cc(Cl)ccc2Cl)no1. The van der Waals surface area contributed by atoms with Gasteiger partial charge in [-0.15, -0.1) is 10.2 Å². The van der Waals surface area contributed by atoms with Crippen LogP contribution in [0.3, 0.4) is 0 Å². The lowest BCUT2D eigenvalue weighted by Gasteiger charge is -2.31.